The number of hydrogen-bond acceptors (Lipinski definition) is 4. The van der Waals surface area contributed by atoms with Crippen LogP contribution in [0, 0.1) is 27.7 Å². The SMILES string of the molecule is Cc1cc(Cc2cc(O)cc(Cc3cc(C)c(O)cc3C)c2O)c(C)cc1O. The molecule has 0 aromatic heterocycles. The average molecular weight is 378 g/mol. The molecule has 0 atom stereocenters. The van der Waals surface area contributed by atoms with Crippen molar-refractivity contribution < 1.29 is 20.4 Å². The molecule has 3 rings (SSSR count). The fourth-order valence-electron chi connectivity index (χ4n) is 3.52. The quantitative estimate of drug-likeness (QED) is 0.486. The van der Waals surface area contributed by atoms with Gasteiger partial charge in [0.15, 0.2) is 0 Å². The van der Waals surface area contributed by atoms with Gasteiger partial charge in [-0.2, -0.15) is 0 Å². The first-order valence-electron chi connectivity index (χ1n) is 9.27. The lowest BCUT2D eigenvalue weighted by Gasteiger charge is -2.15. The smallest absolute Gasteiger partial charge is 0.122 e. The van der Waals surface area contributed by atoms with Crippen LogP contribution in [-0.2, 0) is 12.8 Å². The van der Waals surface area contributed by atoms with Gasteiger partial charge in [0.2, 0.25) is 0 Å². The highest BCUT2D eigenvalue weighted by atomic mass is 16.3. The van der Waals surface area contributed by atoms with E-state index >= 15 is 0 Å². The summed E-state index contributed by atoms with van der Waals surface area (Å²) in [6.07, 6.45) is 0.904. The minimum absolute atomic E-state index is 0.101. The number of phenols is 4. The summed E-state index contributed by atoms with van der Waals surface area (Å²) >= 11 is 0. The van der Waals surface area contributed by atoms with Crippen molar-refractivity contribution in [2.24, 2.45) is 0 Å². The lowest BCUT2D eigenvalue weighted by atomic mass is 9.93. The highest BCUT2D eigenvalue weighted by Crippen LogP contribution is 2.34. The van der Waals surface area contributed by atoms with Crippen LogP contribution in [-0.4, -0.2) is 20.4 Å². The van der Waals surface area contributed by atoms with Gasteiger partial charge in [0.25, 0.3) is 0 Å². The van der Waals surface area contributed by atoms with Crippen molar-refractivity contribution in [2.45, 2.75) is 40.5 Å². The molecule has 0 radical (unpaired) electrons. The third kappa shape index (κ3) is 3.91. The molecule has 0 saturated carbocycles. The maximum absolute atomic E-state index is 10.9. The van der Waals surface area contributed by atoms with Crippen molar-refractivity contribution >= 4 is 0 Å². The highest BCUT2D eigenvalue weighted by molar-refractivity contribution is 5.52. The highest BCUT2D eigenvalue weighted by Gasteiger charge is 2.15. The molecule has 4 heteroatoms. The number of hydrogen-bond donors (Lipinski definition) is 4. The Balaban J connectivity index is 1.99. The lowest BCUT2D eigenvalue weighted by molar-refractivity contribution is 0.450. The van der Waals surface area contributed by atoms with E-state index in [2.05, 4.69) is 0 Å². The van der Waals surface area contributed by atoms with Crippen LogP contribution in [0.5, 0.6) is 23.0 Å². The van der Waals surface area contributed by atoms with E-state index in [1.807, 2.05) is 39.8 Å². The molecule has 4 N–H and O–H groups in total. The Morgan fingerprint density at radius 2 is 0.893 bits per heavy atom. The summed E-state index contributed by atoms with van der Waals surface area (Å²) in [6.45, 7) is 7.50. The second-order valence-electron chi connectivity index (χ2n) is 7.60. The summed E-state index contributed by atoms with van der Waals surface area (Å²) in [5.41, 5.74) is 6.64. The first kappa shape index (κ1) is 19.6. The molecule has 0 aliphatic heterocycles. The fraction of sp³-hybridized carbons (Fsp3) is 0.250. The standard InChI is InChI=1S/C24H26O4/c1-13-7-22(26)15(3)5-17(13)9-19-11-21(25)12-20(24(19)28)10-18-6-16(4)23(27)8-14(18)2/h5-8,11-12,25-28H,9-10H2,1-4H3. The number of rotatable bonds is 4. The molecule has 0 aliphatic rings. The Hall–Kier alpha value is -3.14. The Labute approximate surface area is 165 Å². The Morgan fingerprint density at radius 1 is 0.500 bits per heavy atom. The Bertz CT molecular complexity index is 970. The predicted octanol–water partition coefficient (Wildman–Crippen LogP) is 4.92. The van der Waals surface area contributed by atoms with Crippen LogP contribution in [0.2, 0.25) is 0 Å². The van der Waals surface area contributed by atoms with Crippen molar-refractivity contribution in [3.05, 3.63) is 80.9 Å². The van der Waals surface area contributed by atoms with Crippen molar-refractivity contribution in [1.29, 1.82) is 0 Å². The zero-order chi connectivity index (χ0) is 20.6. The van der Waals surface area contributed by atoms with Crippen LogP contribution in [0.15, 0.2) is 36.4 Å². The molecular weight excluding hydrogens is 352 g/mol. The van der Waals surface area contributed by atoms with E-state index in [1.54, 1.807) is 24.3 Å². The summed E-state index contributed by atoms with van der Waals surface area (Å²) in [5, 5.41) is 40.8. The van der Waals surface area contributed by atoms with E-state index in [4.69, 9.17) is 0 Å². The molecule has 28 heavy (non-hydrogen) atoms. The number of aromatic hydroxyl groups is 4. The monoisotopic (exact) mass is 378 g/mol. The molecule has 0 unspecified atom stereocenters. The molecule has 0 fully saturated rings. The van der Waals surface area contributed by atoms with Gasteiger partial charge in [-0.05, 0) is 85.3 Å². The van der Waals surface area contributed by atoms with E-state index in [9.17, 15) is 20.4 Å². The Kier molecular flexibility index (Phi) is 5.23. The van der Waals surface area contributed by atoms with Gasteiger partial charge in [0.1, 0.15) is 23.0 Å². The first-order valence-corrected chi connectivity index (χ1v) is 9.27. The van der Waals surface area contributed by atoms with Gasteiger partial charge >= 0.3 is 0 Å². The zero-order valence-corrected chi connectivity index (χ0v) is 16.7. The molecule has 4 nitrogen and oxygen atoms in total. The van der Waals surface area contributed by atoms with Crippen LogP contribution in [0.3, 0.4) is 0 Å². The van der Waals surface area contributed by atoms with Crippen LogP contribution in [0.4, 0.5) is 0 Å². The van der Waals surface area contributed by atoms with Gasteiger partial charge in [-0.3, -0.25) is 0 Å². The van der Waals surface area contributed by atoms with E-state index in [1.165, 1.54) is 0 Å². The van der Waals surface area contributed by atoms with Gasteiger partial charge in [0, 0.05) is 24.0 Å². The molecule has 0 saturated heterocycles. The normalized spacial score (nSPS) is 11.0. The molecule has 0 spiro atoms. The Morgan fingerprint density at radius 3 is 1.29 bits per heavy atom. The first-order chi connectivity index (χ1) is 13.2. The number of benzene rings is 3. The molecule has 3 aromatic rings. The fourth-order valence-corrected chi connectivity index (χ4v) is 3.52. The van der Waals surface area contributed by atoms with Crippen molar-refractivity contribution in [1.82, 2.24) is 0 Å². The van der Waals surface area contributed by atoms with Gasteiger partial charge in [-0.15, -0.1) is 0 Å². The van der Waals surface area contributed by atoms with Crippen molar-refractivity contribution in [2.75, 3.05) is 0 Å². The van der Waals surface area contributed by atoms with E-state index < -0.39 is 0 Å². The molecule has 0 heterocycles. The average Bonchev–Trinajstić information content (AvgIpc) is 2.61. The summed E-state index contributed by atoms with van der Waals surface area (Å²) in [6, 6.07) is 10.4. The van der Waals surface area contributed by atoms with E-state index in [0.717, 1.165) is 33.4 Å². The maximum Gasteiger partial charge on any atom is 0.122 e. The van der Waals surface area contributed by atoms with Crippen molar-refractivity contribution in [3.8, 4) is 23.0 Å². The second kappa shape index (κ2) is 7.47. The summed E-state index contributed by atoms with van der Waals surface area (Å²) < 4.78 is 0. The van der Waals surface area contributed by atoms with Crippen LogP contribution < -0.4 is 0 Å². The lowest BCUT2D eigenvalue weighted by Crippen LogP contribution is -1.98. The predicted molar refractivity (Wildman–Crippen MR) is 111 cm³/mol. The summed E-state index contributed by atoms with van der Waals surface area (Å²) in [7, 11) is 0. The van der Waals surface area contributed by atoms with Crippen molar-refractivity contribution in [3.63, 3.8) is 0 Å². The van der Waals surface area contributed by atoms with Gasteiger partial charge in [-0.1, -0.05) is 12.1 Å². The largest absolute Gasteiger partial charge is 0.508 e. The molecule has 3 aromatic carbocycles. The van der Waals surface area contributed by atoms with Crippen LogP contribution >= 0.6 is 0 Å². The zero-order valence-electron chi connectivity index (χ0n) is 16.7. The van der Waals surface area contributed by atoms with Gasteiger partial charge < -0.3 is 20.4 Å². The van der Waals surface area contributed by atoms with Gasteiger partial charge in [0.05, 0.1) is 0 Å². The minimum Gasteiger partial charge on any atom is -0.508 e. The molecule has 0 aliphatic carbocycles. The van der Waals surface area contributed by atoms with E-state index in [-0.39, 0.29) is 23.0 Å². The number of aryl methyl sites for hydroxylation is 4. The molecule has 0 bridgehead atoms. The molecular formula is C24H26O4. The molecule has 0 amide bonds. The third-order valence-electron chi connectivity index (χ3n) is 5.32. The van der Waals surface area contributed by atoms with Crippen LogP contribution in [0.25, 0.3) is 0 Å². The summed E-state index contributed by atoms with van der Waals surface area (Å²) in [4.78, 5) is 0. The second-order valence-corrected chi connectivity index (χ2v) is 7.60. The van der Waals surface area contributed by atoms with E-state index in [0.29, 0.717) is 24.0 Å². The maximum atomic E-state index is 10.9. The van der Waals surface area contributed by atoms with Gasteiger partial charge in [-0.25, -0.2) is 0 Å². The minimum atomic E-state index is 0.101. The van der Waals surface area contributed by atoms with Crippen LogP contribution in [0.1, 0.15) is 44.5 Å². The third-order valence-corrected chi connectivity index (χ3v) is 5.32. The summed E-state index contributed by atoms with van der Waals surface area (Å²) in [5.74, 6) is 0.762. The topological polar surface area (TPSA) is 80.9 Å². The number of phenolic OH excluding ortho intramolecular Hbond substituents is 4. The molecule has 146 valence electrons.